The molecular weight excluding hydrogens is 362 g/mol. The van der Waals surface area contributed by atoms with Crippen LogP contribution >= 0.6 is 0 Å². The highest BCUT2D eigenvalue weighted by atomic mass is 28.3. The molecule has 153 valence electrons. The van der Waals surface area contributed by atoms with E-state index >= 15 is 0 Å². The van der Waals surface area contributed by atoms with Crippen LogP contribution in [0, 0.1) is 17.3 Å². The Hall–Kier alpha value is -1.29. The lowest BCUT2D eigenvalue weighted by molar-refractivity contribution is -0.129. The van der Waals surface area contributed by atoms with E-state index in [1.54, 1.807) is 0 Å². The Bertz CT molecular complexity index is 810. The van der Waals surface area contributed by atoms with Gasteiger partial charge < -0.3 is 10.2 Å². The first-order valence-corrected chi connectivity index (χ1v) is 13.4. The van der Waals surface area contributed by atoms with Crippen LogP contribution in [0.15, 0.2) is 6.07 Å². The van der Waals surface area contributed by atoms with Gasteiger partial charge in [0.25, 0.3) is 9.04 Å². The summed E-state index contributed by atoms with van der Waals surface area (Å²) in [5.41, 5.74) is 11.6. The molecule has 0 bridgehead atoms. The Morgan fingerprint density at radius 3 is 2.54 bits per heavy atom. The fraction of sp³-hybridized carbons (Fsp3) is 0.708. The Morgan fingerprint density at radius 1 is 1.18 bits per heavy atom. The Balaban J connectivity index is 1.83. The molecule has 0 spiro atoms. The molecule has 3 nitrogen and oxygen atoms in total. The second kappa shape index (κ2) is 6.61. The van der Waals surface area contributed by atoms with Gasteiger partial charge in [0.05, 0.1) is 5.69 Å². The maximum Gasteiger partial charge on any atom is 0.274 e. The largest absolute Gasteiger partial charge is 0.541 e. The van der Waals surface area contributed by atoms with Gasteiger partial charge in [-0.05, 0) is 79.5 Å². The van der Waals surface area contributed by atoms with Gasteiger partial charge in [-0.3, -0.25) is 4.79 Å². The molecule has 0 heterocycles. The van der Waals surface area contributed by atoms with Crippen molar-refractivity contribution in [2.45, 2.75) is 90.6 Å². The first-order valence-electron chi connectivity index (χ1n) is 11.0. The van der Waals surface area contributed by atoms with Crippen LogP contribution in [0.4, 0.5) is 5.69 Å². The van der Waals surface area contributed by atoms with Crippen molar-refractivity contribution < 1.29 is 9.22 Å². The zero-order chi connectivity index (χ0) is 20.4. The Kier molecular flexibility index (Phi) is 4.72. The number of Topliss-reactive ketones (excluding diaryl/α,β-unsaturated/α-hetero) is 1. The van der Waals surface area contributed by atoms with E-state index in [1.165, 1.54) is 23.1 Å². The van der Waals surface area contributed by atoms with Crippen molar-refractivity contribution in [3.63, 3.8) is 0 Å². The number of hydrogen-bond donors (Lipinski definition) is 1. The molecule has 28 heavy (non-hydrogen) atoms. The third-order valence-corrected chi connectivity index (χ3v) is 8.43. The minimum Gasteiger partial charge on any atom is -0.541 e. The molecule has 2 saturated carbocycles. The number of nitrogen functional groups attached to an aromatic ring is 1. The molecule has 0 aromatic heterocycles. The van der Waals surface area contributed by atoms with Crippen molar-refractivity contribution in [3.05, 3.63) is 22.8 Å². The zero-order valence-corrected chi connectivity index (χ0v) is 19.4. The van der Waals surface area contributed by atoms with Crippen molar-refractivity contribution >= 4 is 20.5 Å². The zero-order valence-electron chi connectivity index (χ0n) is 18.4. The maximum absolute atomic E-state index is 12.6. The van der Waals surface area contributed by atoms with E-state index in [4.69, 9.17) is 10.2 Å². The highest BCUT2D eigenvalue weighted by Gasteiger charge is 2.55. The van der Waals surface area contributed by atoms with Gasteiger partial charge in [-0.2, -0.15) is 0 Å². The second-order valence-electron chi connectivity index (χ2n) is 10.8. The highest BCUT2D eigenvalue weighted by Crippen LogP contribution is 2.61. The predicted molar refractivity (Wildman–Crippen MR) is 117 cm³/mol. The summed E-state index contributed by atoms with van der Waals surface area (Å²) in [7, 11) is -0.912. The number of carbonyl (C=O) groups excluding carboxylic acids is 1. The van der Waals surface area contributed by atoms with E-state index in [2.05, 4.69) is 46.9 Å². The summed E-state index contributed by atoms with van der Waals surface area (Å²) in [6, 6.07) is 2.37. The van der Waals surface area contributed by atoms with Crippen LogP contribution in [0.3, 0.4) is 0 Å². The quantitative estimate of drug-likeness (QED) is 0.519. The third-order valence-electron chi connectivity index (χ3n) is 7.82. The summed E-state index contributed by atoms with van der Waals surface area (Å²) in [4.78, 5) is 12.6. The van der Waals surface area contributed by atoms with Gasteiger partial charge in [-0.25, -0.2) is 0 Å². The van der Waals surface area contributed by atoms with Crippen molar-refractivity contribution in [3.8, 4) is 5.75 Å². The second-order valence-corrected chi connectivity index (χ2v) is 12.9. The summed E-state index contributed by atoms with van der Waals surface area (Å²) in [5.74, 6) is 3.14. The van der Waals surface area contributed by atoms with Crippen LogP contribution in [0.25, 0.3) is 0 Å². The minimum absolute atomic E-state index is 0.00542. The van der Waals surface area contributed by atoms with Gasteiger partial charge in [0.1, 0.15) is 11.5 Å². The number of fused-ring (bicyclic) bond motifs is 5. The molecule has 2 fully saturated rings. The van der Waals surface area contributed by atoms with Gasteiger partial charge in [0.15, 0.2) is 0 Å². The molecular formula is C24H36NO2Si. The van der Waals surface area contributed by atoms with Crippen LogP contribution in [0.1, 0.15) is 82.4 Å². The van der Waals surface area contributed by atoms with Gasteiger partial charge in [0.2, 0.25) is 0 Å². The van der Waals surface area contributed by atoms with Crippen LogP contribution in [0.2, 0.25) is 13.1 Å². The van der Waals surface area contributed by atoms with Gasteiger partial charge in [-0.1, -0.05) is 33.8 Å². The topological polar surface area (TPSA) is 52.3 Å². The van der Waals surface area contributed by atoms with Gasteiger partial charge in [0, 0.05) is 17.4 Å². The number of anilines is 1. The molecule has 4 atom stereocenters. The van der Waals surface area contributed by atoms with Gasteiger partial charge in [-0.15, -0.1) is 0 Å². The minimum atomic E-state index is -0.912. The molecule has 1 aromatic carbocycles. The standard InChI is InChI=1S/C24H36NO2Si/c1-23(2,3)18-13-14-7-8-15-16(20(14)22(21(18)25)27-28(5)6)11-12-24(4)17(15)9-10-19(24)26/h13,15-17H,7-12,25H2,1-6H3/t15-,16+,17+,24+/m1/s1. The molecule has 0 unspecified atom stereocenters. The summed E-state index contributed by atoms with van der Waals surface area (Å²) < 4.78 is 6.50. The van der Waals surface area contributed by atoms with Crippen LogP contribution in [-0.2, 0) is 16.6 Å². The average Bonchev–Trinajstić information content (AvgIpc) is 2.90. The van der Waals surface area contributed by atoms with Crippen molar-refractivity contribution in [2.75, 3.05) is 5.73 Å². The molecule has 0 saturated heterocycles. The van der Waals surface area contributed by atoms with E-state index in [1.807, 2.05) is 0 Å². The fourth-order valence-electron chi connectivity index (χ4n) is 6.43. The first kappa shape index (κ1) is 20.0. The molecule has 4 rings (SSSR count). The maximum atomic E-state index is 12.6. The van der Waals surface area contributed by atoms with E-state index in [-0.39, 0.29) is 10.8 Å². The molecule has 1 aromatic rings. The van der Waals surface area contributed by atoms with Crippen LogP contribution in [0.5, 0.6) is 5.75 Å². The molecule has 4 heteroatoms. The van der Waals surface area contributed by atoms with Crippen molar-refractivity contribution in [2.24, 2.45) is 17.3 Å². The molecule has 3 aliphatic carbocycles. The average molecular weight is 399 g/mol. The first-order chi connectivity index (χ1) is 13.0. The van der Waals surface area contributed by atoms with Gasteiger partial charge >= 0.3 is 0 Å². The lowest BCUT2D eigenvalue weighted by Gasteiger charge is -2.49. The van der Waals surface area contributed by atoms with Crippen LogP contribution in [-0.4, -0.2) is 14.8 Å². The summed E-state index contributed by atoms with van der Waals surface area (Å²) in [6.07, 6.45) is 6.27. The SMILES string of the molecule is C[Si](C)Oc1c(N)c(C(C)(C)C)cc2c1[C@H]1CC[C@]3(C)C(=O)CC[C@H]3[C@@H]1CC2. The van der Waals surface area contributed by atoms with Crippen molar-refractivity contribution in [1.29, 1.82) is 0 Å². The molecule has 1 radical (unpaired) electrons. The fourth-order valence-corrected chi connectivity index (χ4v) is 7.06. The molecule has 0 aliphatic heterocycles. The lowest BCUT2D eigenvalue weighted by Crippen LogP contribution is -2.42. The molecule has 0 amide bonds. The predicted octanol–water partition coefficient (Wildman–Crippen LogP) is 5.62. The van der Waals surface area contributed by atoms with E-state index in [0.29, 0.717) is 23.5 Å². The number of nitrogens with two attached hydrogens (primary N) is 1. The van der Waals surface area contributed by atoms with Crippen molar-refractivity contribution in [1.82, 2.24) is 0 Å². The molecule has 2 N–H and O–H groups in total. The number of benzene rings is 1. The van der Waals surface area contributed by atoms with E-state index in [9.17, 15) is 4.79 Å². The lowest BCUT2D eigenvalue weighted by atomic mass is 9.55. The Labute approximate surface area is 172 Å². The van der Waals surface area contributed by atoms with E-state index in [0.717, 1.165) is 43.5 Å². The number of ketones is 1. The molecule has 3 aliphatic rings. The number of hydrogen-bond acceptors (Lipinski definition) is 3. The third kappa shape index (κ3) is 2.94. The smallest absolute Gasteiger partial charge is 0.274 e. The highest BCUT2D eigenvalue weighted by molar-refractivity contribution is 6.49. The number of rotatable bonds is 2. The monoisotopic (exact) mass is 398 g/mol. The summed E-state index contributed by atoms with van der Waals surface area (Å²) in [5, 5.41) is 0. The summed E-state index contributed by atoms with van der Waals surface area (Å²) >= 11 is 0. The summed E-state index contributed by atoms with van der Waals surface area (Å²) in [6.45, 7) is 13.3. The van der Waals surface area contributed by atoms with Crippen LogP contribution < -0.4 is 10.2 Å². The number of aryl methyl sites for hydroxylation is 1. The number of carbonyl (C=O) groups is 1. The normalized spacial score (nSPS) is 32.1. The van der Waals surface area contributed by atoms with E-state index < -0.39 is 9.04 Å². The Morgan fingerprint density at radius 2 is 1.89 bits per heavy atom.